The van der Waals surface area contributed by atoms with Crippen molar-refractivity contribution in [2.24, 2.45) is 30.0 Å². The minimum Gasteiger partial charge on any atom is -0.363 e. The van der Waals surface area contributed by atoms with Gasteiger partial charge in [0, 0.05) is 79.6 Å². The van der Waals surface area contributed by atoms with Gasteiger partial charge >= 0.3 is 0 Å². The number of carbonyl (C=O) groups is 12. The minimum atomic E-state index is -1.17. The maximum atomic E-state index is 14.4. The summed E-state index contributed by atoms with van der Waals surface area (Å²) in [5.74, 6) is -11.6. The molecule has 0 aliphatic carbocycles. The third kappa shape index (κ3) is 23.8. The molecule has 16 rings (SSSR count). The lowest BCUT2D eigenvalue weighted by Crippen LogP contribution is -2.47. The van der Waals surface area contributed by atoms with Crippen LogP contribution in [0.15, 0.2) is 340 Å². The Morgan fingerprint density at radius 1 is 0.323 bits per heavy atom. The number of fused-ring (bicyclic) bond motifs is 1. The zero-order chi connectivity index (χ0) is 94.2. The summed E-state index contributed by atoms with van der Waals surface area (Å²) in [4.78, 5) is 149. The number of benzene rings is 11. The third-order valence-corrected chi connectivity index (χ3v) is 20.6. The number of nitrogens with zero attached hydrogens (tertiary/aromatic N) is 10. The summed E-state index contributed by atoms with van der Waals surface area (Å²) in [6.07, 6.45) is 7.97. The van der Waals surface area contributed by atoms with Gasteiger partial charge in [0.05, 0.1) is 39.8 Å². The molecule has 5 heterocycles. The molecule has 133 heavy (non-hydrogen) atoms. The van der Waals surface area contributed by atoms with Crippen LogP contribution in [0.1, 0.15) is 63.7 Å². The van der Waals surface area contributed by atoms with Gasteiger partial charge in [0.1, 0.15) is 70.0 Å². The molecule has 4 atom stereocenters. The number of halogens is 3. The van der Waals surface area contributed by atoms with Crippen LogP contribution in [0, 0.1) is 17.5 Å². The predicted molar refractivity (Wildman–Crippen MR) is 487 cm³/mol. The molecular formula is C100H83F3N18O12. The molecule has 8 amide bonds. The van der Waals surface area contributed by atoms with Crippen molar-refractivity contribution in [3.05, 3.63) is 402 Å². The van der Waals surface area contributed by atoms with Crippen LogP contribution in [0.2, 0.25) is 0 Å². The molecular weight excluding hydrogens is 1700 g/mol. The van der Waals surface area contributed by atoms with E-state index in [0.29, 0.717) is 51.0 Å². The number of amides is 8. The average Bonchev–Trinajstić information content (AvgIpc) is 1.66. The van der Waals surface area contributed by atoms with Crippen molar-refractivity contribution in [2.45, 2.75) is 49.9 Å². The van der Waals surface area contributed by atoms with Crippen molar-refractivity contribution in [1.82, 2.24) is 70.2 Å². The first-order chi connectivity index (χ1) is 64.2. The van der Waals surface area contributed by atoms with Gasteiger partial charge in [-0.25, -0.2) is 31.9 Å². The second-order valence-electron chi connectivity index (χ2n) is 29.9. The van der Waals surface area contributed by atoms with Crippen LogP contribution in [-0.2, 0) is 71.1 Å². The van der Waals surface area contributed by atoms with Gasteiger partial charge in [0.25, 0.3) is 47.3 Å². The van der Waals surface area contributed by atoms with Crippen LogP contribution in [0.4, 0.5) is 13.2 Å². The first-order valence-corrected chi connectivity index (χ1v) is 41.1. The molecule has 0 spiro atoms. The average molecular weight is 1790 g/mol. The summed E-state index contributed by atoms with van der Waals surface area (Å²) in [7, 11) is 1.68. The number of hydrogen-bond acceptors (Lipinski definition) is 17. The highest BCUT2D eigenvalue weighted by Crippen LogP contribution is 2.30. The molecule has 0 saturated carbocycles. The highest BCUT2D eigenvalue weighted by atomic mass is 19.1. The van der Waals surface area contributed by atoms with Crippen LogP contribution in [-0.4, -0.2) is 143 Å². The number of aromatic nitrogens is 10. The van der Waals surface area contributed by atoms with Gasteiger partial charge in [-0.15, -0.1) is 0 Å². The Morgan fingerprint density at radius 3 is 1.03 bits per heavy atom. The van der Waals surface area contributed by atoms with Gasteiger partial charge in [0.2, 0.25) is 23.1 Å². The van der Waals surface area contributed by atoms with E-state index in [0.717, 1.165) is 33.2 Å². The molecule has 0 bridgehead atoms. The quantitative estimate of drug-likeness (QED) is 0.0187. The first kappa shape index (κ1) is 92.6. The second kappa shape index (κ2) is 43.4. The lowest BCUT2D eigenvalue weighted by Gasteiger charge is -2.16. The van der Waals surface area contributed by atoms with Gasteiger partial charge < -0.3 is 44.2 Å². The number of nitrogens with two attached hydrogens (primary N) is 4. The number of nitrogens with one attached hydrogen (secondary N) is 4. The Hall–Kier alpha value is -18.0. The van der Waals surface area contributed by atoms with Gasteiger partial charge in [-0.05, 0) is 82.9 Å². The summed E-state index contributed by atoms with van der Waals surface area (Å²) in [6, 6.07) is 83.3. The Labute approximate surface area is 757 Å². The van der Waals surface area contributed by atoms with E-state index >= 15 is 0 Å². The van der Waals surface area contributed by atoms with Gasteiger partial charge in [-0.3, -0.25) is 62.2 Å². The molecule has 0 radical (unpaired) electrons. The Morgan fingerprint density at radius 2 is 0.654 bits per heavy atom. The lowest BCUT2D eigenvalue weighted by atomic mass is 10.0. The summed E-state index contributed by atoms with van der Waals surface area (Å²) in [5, 5.41) is 33.6. The summed E-state index contributed by atoms with van der Waals surface area (Å²) < 4.78 is 48.7. The number of aryl methyl sites for hydroxylation is 1. The van der Waals surface area contributed by atoms with E-state index in [1.807, 2.05) is 91.0 Å². The molecule has 16 aromatic rings. The number of carbonyl (C=O) groups excluding carboxylic acids is 12. The monoisotopic (exact) mass is 1780 g/mol. The SMILES string of the molecule is Cn1cc(C(=O)NC(Cc2ccccc2)C(=O)C(N)=O)c(-n2ncc3ccccc32)n1.NC(=O)C(=O)C(Cc1ccccc1)NC(=O)c1cn(-c2ccc(F)cc2)nc1-c1ccccc1.NC(=O)C(=O)C(Cc1ccccc1)NC(=O)c1cn(-c2cccc(F)c2)nc1-c1ccccc1.NC(=O)C(=O)C(Cc1ccccc1)NC(=O)c1cn(-c2ccccc2F)nc1-c1ccccc1. The van der Waals surface area contributed by atoms with Gasteiger partial charge in [-0.1, -0.05) is 249 Å². The molecule has 666 valence electrons. The van der Waals surface area contributed by atoms with Crippen molar-refractivity contribution < 1.29 is 70.7 Å². The van der Waals surface area contributed by atoms with E-state index in [2.05, 4.69) is 46.8 Å². The second-order valence-corrected chi connectivity index (χ2v) is 29.9. The maximum absolute atomic E-state index is 14.4. The largest absolute Gasteiger partial charge is 0.363 e. The van der Waals surface area contributed by atoms with E-state index < -0.39 is 112 Å². The molecule has 30 nitrogen and oxygen atoms in total. The van der Waals surface area contributed by atoms with Crippen LogP contribution < -0.4 is 44.2 Å². The fourth-order valence-electron chi connectivity index (χ4n) is 14.1. The molecule has 0 aliphatic rings. The molecule has 0 aliphatic heterocycles. The fraction of sp³-hybridized carbons (Fsp3) is 0.0900. The van der Waals surface area contributed by atoms with Crippen molar-refractivity contribution in [2.75, 3.05) is 0 Å². The highest BCUT2D eigenvalue weighted by Gasteiger charge is 2.34. The Balaban J connectivity index is 0.000000151. The molecule has 33 heteroatoms. The van der Waals surface area contributed by atoms with Crippen molar-refractivity contribution in [1.29, 1.82) is 0 Å². The molecule has 4 unspecified atom stereocenters. The van der Waals surface area contributed by atoms with E-state index in [1.165, 1.54) is 98.1 Å². The van der Waals surface area contributed by atoms with Gasteiger partial charge in [0.15, 0.2) is 5.82 Å². The minimum absolute atomic E-state index is 0.0798. The van der Waals surface area contributed by atoms with E-state index in [9.17, 15) is 70.7 Å². The van der Waals surface area contributed by atoms with Crippen molar-refractivity contribution in [3.63, 3.8) is 0 Å². The number of rotatable bonds is 31. The standard InChI is InChI=1S/3C26H21FN4O3.C22H20N6O3/c27-20-13-7-8-14-22(20)31-16-19(23(30-31)18-11-5-2-6-12-18)26(34)29-21(24(32)25(28)33)15-17-9-3-1-4-10-17;27-19-12-7-13-20(15-19)31-16-21(23(30-31)18-10-5-2-6-11-18)26(34)29-22(24(32)25(28)33)14-17-8-3-1-4-9-17;27-19-11-13-20(14-12-19)31-16-21(23(30-31)18-9-5-2-6-10-18)26(34)29-22(24(32)25(28)33)15-17-7-3-1-4-8-17;1-27-13-16(21(26-27)28-18-10-6-5-9-15(18)12-24-28)22(31)25-17(19(29)20(23)30)11-14-7-3-2-4-8-14/h1-14,16,21H,15H2,(H2,28,33)(H,29,34);1-13,15-16,22H,14H2,(H2,28,33)(H,29,34);1-14,16,22H,15H2,(H2,28,33)(H,29,34);2-10,12-13,17H,11H2,1H3,(H2,23,30)(H,25,31). The van der Waals surface area contributed by atoms with Gasteiger partial charge in [-0.2, -0.15) is 25.5 Å². The molecule has 11 aromatic carbocycles. The number of Topliss-reactive ketones (excluding diaryl/α,β-unsaturated/α-hetero) is 4. The summed E-state index contributed by atoms with van der Waals surface area (Å²) in [5.41, 5.74) is 29.5. The first-order valence-electron chi connectivity index (χ1n) is 41.1. The van der Waals surface area contributed by atoms with E-state index in [1.54, 1.807) is 182 Å². The van der Waals surface area contributed by atoms with Crippen LogP contribution in [0.5, 0.6) is 0 Å². The zero-order valence-electron chi connectivity index (χ0n) is 70.8. The van der Waals surface area contributed by atoms with E-state index in [-0.39, 0.29) is 53.6 Å². The maximum Gasteiger partial charge on any atom is 0.287 e. The highest BCUT2D eigenvalue weighted by molar-refractivity contribution is 6.39. The summed E-state index contributed by atoms with van der Waals surface area (Å²) in [6.45, 7) is 0. The van der Waals surface area contributed by atoms with Crippen LogP contribution in [0.3, 0.4) is 0 Å². The topological polar surface area (TPSA) is 446 Å². The molecule has 12 N–H and O–H groups in total. The predicted octanol–water partition coefficient (Wildman–Crippen LogP) is 10.4. The lowest BCUT2D eigenvalue weighted by molar-refractivity contribution is -0.137. The zero-order valence-corrected chi connectivity index (χ0v) is 70.8. The Kier molecular flexibility index (Phi) is 30.3. The smallest absolute Gasteiger partial charge is 0.287 e. The summed E-state index contributed by atoms with van der Waals surface area (Å²) >= 11 is 0. The van der Waals surface area contributed by atoms with Crippen LogP contribution >= 0.6 is 0 Å². The van der Waals surface area contributed by atoms with Crippen molar-refractivity contribution >= 4 is 81.3 Å². The molecule has 0 saturated heterocycles. The van der Waals surface area contributed by atoms with E-state index in [4.69, 9.17) is 22.9 Å². The van der Waals surface area contributed by atoms with Crippen molar-refractivity contribution in [3.8, 4) is 56.7 Å². The number of primary amides is 4. The Bertz CT molecular complexity index is 6920. The number of ketones is 4. The fourth-order valence-corrected chi connectivity index (χ4v) is 14.1. The van der Waals surface area contributed by atoms with Crippen LogP contribution in [0.25, 0.3) is 67.6 Å². The molecule has 0 fully saturated rings. The normalized spacial score (nSPS) is 11.6. The molecule has 5 aromatic heterocycles. The third-order valence-electron chi connectivity index (χ3n) is 20.6. The number of hydrogen-bond donors (Lipinski definition) is 8. The number of para-hydroxylation sites is 2.